The van der Waals surface area contributed by atoms with Crippen LogP contribution in [0.15, 0.2) is 53.3 Å². The molecule has 2 N–H and O–H groups in total. The van der Waals surface area contributed by atoms with Crippen LogP contribution >= 0.6 is 0 Å². The molecular formula is C26H32N4O4. The van der Waals surface area contributed by atoms with Crippen molar-refractivity contribution in [1.82, 2.24) is 19.4 Å². The Labute approximate surface area is 198 Å². The van der Waals surface area contributed by atoms with Crippen molar-refractivity contribution in [2.75, 3.05) is 33.3 Å². The van der Waals surface area contributed by atoms with Crippen LogP contribution in [0.3, 0.4) is 0 Å². The zero-order valence-corrected chi connectivity index (χ0v) is 19.5. The number of methoxy groups -OCH3 is 1. The van der Waals surface area contributed by atoms with Gasteiger partial charge in [-0.25, -0.2) is 14.2 Å². The Balaban J connectivity index is 1.15. The van der Waals surface area contributed by atoms with Crippen molar-refractivity contribution in [3.8, 4) is 5.75 Å². The smallest absolute Gasteiger partial charge is 0.337 e. The molecule has 1 saturated carbocycles. The van der Waals surface area contributed by atoms with Gasteiger partial charge in [0.15, 0.2) is 0 Å². The predicted molar refractivity (Wildman–Crippen MR) is 130 cm³/mol. The van der Waals surface area contributed by atoms with Crippen molar-refractivity contribution in [2.45, 2.75) is 37.8 Å². The Morgan fingerprint density at radius 2 is 1.82 bits per heavy atom. The van der Waals surface area contributed by atoms with E-state index in [9.17, 15) is 14.7 Å². The maximum absolute atomic E-state index is 13.0. The maximum Gasteiger partial charge on any atom is 0.337 e. The van der Waals surface area contributed by atoms with Crippen LogP contribution in [0, 0.1) is 5.92 Å². The fraction of sp³-hybridized carbons (Fsp3) is 0.462. The number of amides is 1. The van der Waals surface area contributed by atoms with Gasteiger partial charge in [0.05, 0.1) is 24.2 Å². The van der Waals surface area contributed by atoms with Gasteiger partial charge >= 0.3 is 11.7 Å². The highest BCUT2D eigenvalue weighted by Crippen LogP contribution is 2.36. The third kappa shape index (κ3) is 4.60. The minimum atomic E-state index is -0.568. The Hall–Kier alpha value is -3.10. The van der Waals surface area contributed by atoms with Crippen molar-refractivity contribution >= 4 is 17.1 Å². The average molecular weight is 465 g/mol. The van der Waals surface area contributed by atoms with Crippen LogP contribution in [-0.2, 0) is 0 Å². The van der Waals surface area contributed by atoms with Crippen molar-refractivity contribution in [3.63, 3.8) is 0 Å². The number of benzene rings is 2. The molecule has 1 unspecified atom stereocenters. The number of carbonyl (C=O) groups is 1. The summed E-state index contributed by atoms with van der Waals surface area (Å²) in [5.41, 5.74) is 2.10. The highest BCUT2D eigenvalue weighted by Gasteiger charge is 2.30. The number of aromatic nitrogens is 2. The van der Waals surface area contributed by atoms with Crippen molar-refractivity contribution in [3.05, 3.63) is 64.6 Å². The molecule has 1 aliphatic carbocycles. The first kappa shape index (κ1) is 22.7. The molecule has 3 aromatic rings. The summed E-state index contributed by atoms with van der Waals surface area (Å²) in [7, 11) is 1.62. The summed E-state index contributed by atoms with van der Waals surface area (Å²) in [5, 5.41) is 13.6. The van der Waals surface area contributed by atoms with E-state index in [1.165, 1.54) is 4.57 Å². The summed E-state index contributed by atoms with van der Waals surface area (Å²) in [6.07, 6.45) is 3.27. The van der Waals surface area contributed by atoms with Gasteiger partial charge in [0, 0.05) is 19.1 Å². The predicted octanol–water partition coefficient (Wildman–Crippen LogP) is 3.15. The number of β-amino-alcohol motifs (C(OH)–C–C–N with tert-alkyl or cyclic N) is 1. The van der Waals surface area contributed by atoms with Crippen LogP contribution in [0.5, 0.6) is 5.75 Å². The van der Waals surface area contributed by atoms with Gasteiger partial charge in [0.1, 0.15) is 5.75 Å². The van der Waals surface area contributed by atoms with Crippen molar-refractivity contribution < 1.29 is 14.6 Å². The van der Waals surface area contributed by atoms with E-state index in [2.05, 4.69) is 10.2 Å². The van der Waals surface area contributed by atoms with Crippen LogP contribution in [0.4, 0.5) is 4.79 Å². The van der Waals surface area contributed by atoms with E-state index in [1.807, 2.05) is 48.5 Å². The first-order valence-electron chi connectivity index (χ1n) is 12.1. The van der Waals surface area contributed by atoms with E-state index >= 15 is 0 Å². The summed E-state index contributed by atoms with van der Waals surface area (Å²) in [4.78, 5) is 28.2. The molecular weight excluding hydrogens is 432 g/mol. The first-order valence-corrected chi connectivity index (χ1v) is 12.1. The minimum absolute atomic E-state index is 0.211. The van der Waals surface area contributed by atoms with Crippen LogP contribution < -0.4 is 15.7 Å². The monoisotopic (exact) mass is 464 g/mol. The van der Waals surface area contributed by atoms with Crippen LogP contribution in [0.25, 0.3) is 11.0 Å². The molecule has 5 rings (SSSR count). The lowest BCUT2D eigenvalue weighted by molar-refractivity contribution is 0.0893. The standard InChI is InChI=1S/C26H32N4O4/c1-34-21-6-4-5-19(15-21)24(31)17-28-13-11-18(12-14-28)16-27-25(32)30-23-8-3-2-7-22(23)29(26(30)33)20-9-10-20/h2-8,15,18,20,24,31H,9-14,16-17H2,1H3,(H,27,32). The number of likely N-dealkylation sites (tertiary alicyclic amines) is 1. The summed E-state index contributed by atoms with van der Waals surface area (Å²) < 4.78 is 8.30. The summed E-state index contributed by atoms with van der Waals surface area (Å²) >= 11 is 0. The molecule has 2 fully saturated rings. The third-order valence-electron chi connectivity index (χ3n) is 7.05. The average Bonchev–Trinajstić information content (AvgIpc) is 3.65. The number of hydrogen-bond donors (Lipinski definition) is 2. The normalized spacial score (nSPS) is 18.2. The fourth-order valence-electron chi connectivity index (χ4n) is 4.94. The Bertz CT molecular complexity index is 1220. The summed E-state index contributed by atoms with van der Waals surface area (Å²) in [6.45, 7) is 2.84. The molecule has 2 aromatic carbocycles. The molecule has 2 aliphatic rings. The second-order valence-electron chi connectivity index (χ2n) is 9.43. The molecule has 0 radical (unpaired) electrons. The van der Waals surface area contributed by atoms with E-state index in [4.69, 9.17) is 4.74 Å². The summed E-state index contributed by atoms with van der Waals surface area (Å²) in [6, 6.07) is 14.9. The van der Waals surface area contributed by atoms with E-state index in [0.29, 0.717) is 24.5 Å². The molecule has 0 bridgehead atoms. The van der Waals surface area contributed by atoms with Gasteiger partial charge in [-0.2, -0.15) is 0 Å². The van der Waals surface area contributed by atoms with Crippen LogP contribution in [0.1, 0.15) is 43.4 Å². The number of ether oxygens (including phenoxy) is 1. The third-order valence-corrected chi connectivity index (χ3v) is 7.05. The van der Waals surface area contributed by atoms with Gasteiger partial charge in [0.2, 0.25) is 0 Å². The van der Waals surface area contributed by atoms with Gasteiger partial charge in [-0.1, -0.05) is 24.3 Å². The summed E-state index contributed by atoms with van der Waals surface area (Å²) in [5.74, 6) is 1.09. The highest BCUT2D eigenvalue weighted by atomic mass is 16.5. The van der Waals surface area contributed by atoms with Gasteiger partial charge in [-0.05, 0) is 74.5 Å². The number of aliphatic hydroxyl groups excluding tert-OH is 1. The Morgan fingerprint density at radius 3 is 2.53 bits per heavy atom. The number of fused-ring (bicyclic) bond motifs is 1. The lowest BCUT2D eigenvalue weighted by Crippen LogP contribution is -2.42. The number of hydrogen-bond acceptors (Lipinski definition) is 5. The SMILES string of the molecule is COc1cccc(C(O)CN2CCC(CNC(=O)n3c(=O)n(C4CC4)c4ccccc43)CC2)c1. The number of carbonyl (C=O) groups excluding carboxylic acids is 1. The van der Waals surface area contributed by atoms with Crippen LogP contribution in [-0.4, -0.2) is 58.5 Å². The van der Waals surface area contributed by atoms with Gasteiger partial charge in [-0.3, -0.25) is 4.57 Å². The largest absolute Gasteiger partial charge is 0.497 e. The van der Waals surface area contributed by atoms with E-state index in [-0.39, 0.29) is 17.8 Å². The topological polar surface area (TPSA) is 88.7 Å². The van der Waals surface area contributed by atoms with Crippen molar-refractivity contribution in [1.29, 1.82) is 0 Å². The quantitative estimate of drug-likeness (QED) is 0.561. The molecule has 0 spiro atoms. The molecule has 8 heteroatoms. The molecule has 180 valence electrons. The lowest BCUT2D eigenvalue weighted by Gasteiger charge is -2.33. The van der Waals surface area contributed by atoms with Gasteiger partial charge in [-0.15, -0.1) is 0 Å². The van der Waals surface area contributed by atoms with Crippen molar-refractivity contribution in [2.24, 2.45) is 5.92 Å². The molecule has 8 nitrogen and oxygen atoms in total. The van der Waals surface area contributed by atoms with Crippen LogP contribution in [0.2, 0.25) is 0 Å². The number of para-hydroxylation sites is 2. The highest BCUT2D eigenvalue weighted by molar-refractivity contribution is 5.89. The number of nitrogens with one attached hydrogen (secondary N) is 1. The molecule has 1 aromatic heterocycles. The molecule has 1 atom stereocenters. The Kier molecular flexibility index (Phi) is 6.43. The minimum Gasteiger partial charge on any atom is -0.497 e. The first-order chi connectivity index (χ1) is 16.5. The van der Waals surface area contributed by atoms with E-state index in [0.717, 1.165) is 55.6 Å². The number of aliphatic hydroxyl groups is 1. The fourth-order valence-corrected chi connectivity index (χ4v) is 4.94. The molecule has 34 heavy (non-hydrogen) atoms. The lowest BCUT2D eigenvalue weighted by atomic mass is 9.96. The molecule has 1 saturated heterocycles. The van der Waals surface area contributed by atoms with E-state index in [1.54, 1.807) is 11.7 Å². The Morgan fingerprint density at radius 1 is 1.09 bits per heavy atom. The number of nitrogens with zero attached hydrogens (tertiary/aromatic N) is 3. The maximum atomic E-state index is 13.0. The van der Waals surface area contributed by atoms with E-state index < -0.39 is 6.10 Å². The zero-order valence-electron chi connectivity index (χ0n) is 19.5. The number of imidazole rings is 1. The number of piperidine rings is 1. The molecule has 1 amide bonds. The zero-order chi connectivity index (χ0) is 23.7. The van der Waals surface area contributed by atoms with Gasteiger partial charge in [0.25, 0.3) is 0 Å². The van der Waals surface area contributed by atoms with Gasteiger partial charge < -0.3 is 20.1 Å². The second kappa shape index (κ2) is 9.64. The molecule has 2 heterocycles. The molecule has 1 aliphatic heterocycles. The number of rotatable bonds is 7. The second-order valence-corrected chi connectivity index (χ2v) is 9.43.